The number of nitrogens with zero attached hydrogens (tertiary/aromatic N) is 2. The number of carbonyl (C=O) groups excluding carboxylic acids is 2. The van der Waals surface area contributed by atoms with Crippen molar-refractivity contribution in [3.63, 3.8) is 0 Å². The van der Waals surface area contributed by atoms with E-state index in [9.17, 15) is 9.59 Å². The molecule has 0 radical (unpaired) electrons. The second-order valence-corrected chi connectivity index (χ2v) is 12.4. The Labute approximate surface area is 233 Å². The van der Waals surface area contributed by atoms with Gasteiger partial charge in [0.1, 0.15) is 29.3 Å². The molecule has 204 valence electrons. The average Bonchev–Trinajstić information content (AvgIpc) is 3.50. The molecule has 1 amide bonds. The van der Waals surface area contributed by atoms with Crippen molar-refractivity contribution in [2.24, 2.45) is 0 Å². The highest BCUT2D eigenvalue weighted by Crippen LogP contribution is 2.43. The Bertz CT molecular complexity index is 1220. The van der Waals surface area contributed by atoms with Crippen LogP contribution in [0.25, 0.3) is 0 Å². The van der Waals surface area contributed by atoms with Crippen LogP contribution in [-0.4, -0.2) is 59.1 Å². The number of rotatable bonds is 7. The van der Waals surface area contributed by atoms with E-state index < -0.39 is 29.3 Å². The lowest BCUT2D eigenvalue weighted by Crippen LogP contribution is -2.53. The molecule has 2 aromatic carbocycles. The second-order valence-electron chi connectivity index (χ2n) is 11.5. The molecule has 0 N–H and O–H groups in total. The molecule has 2 heterocycles. The fraction of sp³-hybridized carbons (Fsp3) is 0.517. The summed E-state index contributed by atoms with van der Waals surface area (Å²) < 4.78 is 26.9. The molecule has 1 saturated carbocycles. The quantitative estimate of drug-likeness (QED) is 0.375. The summed E-state index contributed by atoms with van der Waals surface area (Å²) in [6.07, 6.45) is 3.26. The van der Waals surface area contributed by atoms with Gasteiger partial charge in [0.15, 0.2) is 0 Å². The van der Waals surface area contributed by atoms with E-state index in [0.29, 0.717) is 60.7 Å². The van der Waals surface area contributed by atoms with Crippen LogP contribution in [0.5, 0.6) is 5.75 Å². The number of halogens is 3. The normalized spacial score (nSPS) is 20.4. The number of ether oxygens (including phenoxy) is 2. The van der Waals surface area contributed by atoms with Gasteiger partial charge in [-0.05, 0) is 93.8 Å². The highest BCUT2D eigenvalue weighted by molar-refractivity contribution is 6.34. The van der Waals surface area contributed by atoms with E-state index in [-0.39, 0.29) is 11.7 Å². The topological polar surface area (TPSA) is 59.1 Å². The van der Waals surface area contributed by atoms with Crippen molar-refractivity contribution in [3.05, 3.63) is 62.9 Å². The van der Waals surface area contributed by atoms with Crippen molar-refractivity contribution < 1.29 is 23.5 Å². The highest BCUT2D eigenvalue weighted by Gasteiger charge is 2.39. The van der Waals surface area contributed by atoms with Gasteiger partial charge in [-0.25, -0.2) is 9.18 Å². The van der Waals surface area contributed by atoms with E-state index in [2.05, 4.69) is 4.90 Å². The summed E-state index contributed by atoms with van der Waals surface area (Å²) >= 11 is 12.1. The van der Waals surface area contributed by atoms with Gasteiger partial charge in [-0.1, -0.05) is 23.2 Å². The van der Waals surface area contributed by atoms with E-state index in [1.54, 1.807) is 45.0 Å². The Hall–Kier alpha value is -2.35. The van der Waals surface area contributed by atoms with Crippen molar-refractivity contribution >= 4 is 35.1 Å². The van der Waals surface area contributed by atoms with Gasteiger partial charge >= 0.3 is 5.97 Å². The standard InChI is InChI=1S/C29H33Cl2FN2O4/c1-29(2,3)38-28(36)26-5-4-8-34(26)27(35)24-13-23(17-6-7-17)18(9-25(24)32)14-33-15-22(16-33)37-21-11-19(30)10-20(31)12-21/h9-13,17,22,26H,4-8,14-16H2,1-3H3/t26-/m0/s1. The van der Waals surface area contributed by atoms with Gasteiger partial charge in [-0.3, -0.25) is 9.69 Å². The minimum atomic E-state index is -0.683. The molecule has 1 atom stereocenters. The van der Waals surface area contributed by atoms with Crippen molar-refractivity contribution in [1.29, 1.82) is 0 Å². The third-order valence-electron chi connectivity index (χ3n) is 7.13. The third-order valence-corrected chi connectivity index (χ3v) is 7.56. The van der Waals surface area contributed by atoms with E-state index in [0.717, 1.165) is 24.0 Å². The molecular formula is C29H33Cl2FN2O4. The van der Waals surface area contributed by atoms with E-state index in [1.165, 1.54) is 11.0 Å². The summed E-state index contributed by atoms with van der Waals surface area (Å²) in [7, 11) is 0. The van der Waals surface area contributed by atoms with Crippen LogP contribution in [-0.2, 0) is 16.1 Å². The van der Waals surface area contributed by atoms with Crippen LogP contribution in [0.3, 0.4) is 0 Å². The number of carbonyl (C=O) groups is 2. The lowest BCUT2D eigenvalue weighted by Gasteiger charge is -2.39. The van der Waals surface area contributed by atoms with Gasteiger partial charge in [-0.2, -0.15) is 0 Å². The Balaban J connectivity index is 1.27. The molecule has 2 aromatic rings. The number of esters is 1. The minimum absolute atomic E-state index is 0.000407. The Kier molecular flexibility index (Phi) is 7.64. The van der Waals surface area contributed by atoms with Crippen LogP contribution in [0, 0.1) is 5.82 Å². The predicted molar refractivity (Wildman–Crippen MR) is 144 cm³/mol. The zero-order valence-corrected chi connectivity index (χ0v) is 23.4. The summed E-state index contributed by atoms with van der Waals surface area (Å²) in [5.41, 5.74) is 1.31. The van der Waals surface area contributed by atoms with Gasteiger partial charge in [0.2, 0.25) is 0 Å². The van der Waals surface area contributed by atoms with Gasteiger partial charge in [0.25, 0.3) is 5.91 Å². The molecular weight excluding hydrogens is 530 g/mol. The summed E-state index contributed by atoms with van der Waals surface area (Å²) in [4.78, 5) is 29.8. The highest BCUT2D eigenvalue weighted by atomic mass is 35.5. The molecule has 3 fully saturated rings. The van der Waals surface area contributed by atoms with Gasteiger partial charge < -0.3 is 14.4 Å². The summed E-state index contributed by atoms with van der Waals surface area (Å²) in [6, 6.07) is 7.67. The van der Waals surface area contributed by atoms with Crippen molar-refractivity contribution in [3.8, 4) is 5.75 Å². The zero-order valence-electron chi connectivity index (χ0n) is 21.9. The lowest BCUT2D eigenvalue weighted by molar-refractivity contribution is -0.159. The summed E-state index contributed by atoms with van der Waals surface area (Å²) in [5.74, 6) is -0.462. The molecule has 2 saturated heterocycles. The van der Waals surface area contributed by atoms with Gasteiger partial charge in [0, 0.05) is 36.2 Å². The third kappa shape index (κ3) is 6.27. The van der Waals surface area contributed by atoms with E-state index in [1.807, 2.05) is 0 Å². The molecule has 2 aliphatic heterocycles. The molecule has 9 heteroatoms. The number of amides is 1. The largest absolute Gasteiger partial charge is 0.488 e. The molecule has 38 heavy (non-hydrogen) atoms. The van der Waals surface area contributed by atoms with Crippen LogP contribution in [0.2, 0.25) is 10.0 Å². The Morgan fingerprint density at radius 3 is 2.34 bits per heavy atom. The van der Waals surface area contributed by atoms with E-state index in [4.69, 9.17) is 32.7 Å². The first-order valence-electron chi connectivity index (χ1n) is 13.2. The maximum absolute atomic E-state index is 15.4. The van der Waals surface area contributed by atoms with Gasteiger partial charge in [0.05, 0.1) is 5.56 Å². The van der Waals surface area contributed by atoms with Gasteiger partial charge in [-0.15, -0.1) is 0 Å². The maximum atomic E-state index is 15.4. The van der Waals surface area contributed by atoms with Crippen molar-refractivity contribution in [1.82, 2.24) is 9.80 Å². The molecule has 5 rings (SSSR count). The second kappa shape index (κ2) is 10.7. The monoisotopic (exact) mass is 562 g/mol. The van der Waals surface area contributed by atoms with Crippen LogP contribution < -0.4 is 4.74 Å². The molecule has 0 aromatic heterocycles. The predicted octanol–water partition coefficient (Wildman–Crippen LogP) is 6.22. The van der Waals surface area contributed by atoms with Crippen LogP contribution >= 0.6 is 23.2 Å². The zero-order chi connectivity index (χ0) is 27.2. The van der Waals surface area contributed by atoms with Crippen LogP contribution in [0.15, 0.2) is 30.3 Å². The molecule has 0 spiro atoms. The maximum Gasteiger partial charge on any atom is 0.329 e. The van der Waals surface area contributed by atoms with Crippen molar-refractivity contribution in [2.75, 3.05) is 19.6 Å². The lowest BCUT2D eigenvalue weighted by atomic mass is 9.97. The van der Waals surface area contributed by atoms with Crippen molar-refractivity contribution in [2.45, 2.75) is 76.7 Å². The van der Waals surface area contributed by atoms with Crippen LogP contribution in [0.1, 0.15) is 73.9 Å². The first-order chi connectivity index (χ1) is 18.0. The average molecular weight is 563 g/mol. The fourth-order valence-electron chi connectivity index (χ4n) is 5.24. The SMILES string of the molecule is CC(C)(C)OC(=O)[C@@H]1CCCN1C(=O)c1cc(C2CC2)c(CN2CC(Oc3cc(Cl)cc(Cl)c3)C2)cc1F. The van der Waals surface area contributed by atoms with Crippen LogP contribution in [0.4, 0.5) is 4.39 Å². The number of benzene rings is 2. The Morgan fingerprint density at radius 2 is 1.71 bits per heavy atom. The fourth-order valence-corrected chi connectivity index (χ4v) is 5.75. The Morgan fingerprint density at radius 1 is 1.03 bits per heavy atom. The molecule has 3 aliphatic rings. The number of hydrogen-bond acceptors (Lipinski definition) is 5. The smallest absolute Gasteiger partial charge is 0.329 e. The number of likely N-dealkylation sites (tertiary alicyclic amines) is 2. The summed E-state index contributed by atoms with van der Waals surface area (Å²) in [6.45, 7) is 7.78. The first kappa shape index (κ1) is 27.2. The minimum Gasteiger partial charge on any atom is -0.488 e. The molecule has 1 aliphatic carbocycles. The number of hydrogen-bond donors (Lipinski definition) is 0. The molecule has 6 nitrogen and oxygen atoms in total. The molecule has 0 bridgehead atoms. The molecule has 0 unspecified atom stereocenters. The van der Waals surface area contributed by atoms with E-state index >= 15 is 4.39 Å². The summed E-state index contributed by atoms with van der Waals surface area (Å²) in [5, 5.41) is 1.04. The first-order valence-corrected chi connectivity index (χ1v) is 13.9.